The van der Waals surface area contributed by atoms with Crippen molar-refractivity contribution in [2.45, 2.75) is 0 Å². The third-order valence-corrected chi connectivity index (χ3v) is 4.84. The molecule has 30 heavy (non-hydrogen) atoms. The molecule has 0 bridgehead atoms. The third kappa shape index (κ3) is 3.50. The highest BCUT2D eigenvalue weighted by molar-refractivity contribution is 6.28. The lowest BCUT2D eigenvalue weighted by molar-refractivity contribution is 0.204. The summed E-state index contributed by atoms with van der Waals surface area (Å²) in [5, 5.41) is 9.90. The molecule has 1 amide bonds. The average molecular weight is 427 g/mol. The van der Waals surface area contributed by atoms with Crippen LogP contribution in [0.1, 0.15) is 0 Å². The van der Waals surface area contributed by atoms with Gasteiger partial charge in [-0.25, -0.2) is 29.0 Å². The molecule has 10 heteroatoms. The van der Waals surface area contributed by atoms with E-state index < -0.39 is 11.9 Å². The zero-order valence-corrected chi connectivity index (χ0v) is 16.7. The highest BCUT2D eigenvalue weighted by Gasteiger charge is 2.23. The van der Waals surface area contributed by atoms with Gasteiger partial charge in [0, 0.05) is 26.0 Å². The predicted molar refractivity (Wildman–Crippen MR) is 112 cm³/mol. The van der Waals surface area contributed by atoms with Crippen LogP contribution in [0.25, 0.3) is 11.0 Å². The Morgan fingerprint density at radius 3 is 2.47 bits per heavy atom. The Kier molecular flexibility index (Phi) is 4.96. The maximum absolute atomic E-state index is 13.3. The lowest BCUT2D eigenvalue weighted by Gasteiger charge is -2.18. The van der Waals surface area contributed by atoms with Crippen LogP contribution in [0.3, 0.4) is 0 Å². The van der Waals surface area contributed by atoms with Crippen molar-refractivity contribution in [3.05, 3.63) is 65.8 Å². The number of carboxylic acid groups (broad SMARTS) is 1. The maximum Gasteiger partial charge on any atom is 0.418 e. The zero-order valence-electron chi connectivity index (χ0n) is 16.0. The minimum Gasteiger partial charge on any atom is -0.464 e. The lowest BCUT2D eigenvalue weighted by Crippen LogP contribution is -2.26. The van der Waals surface area contributed by atoms with Gasteiger partial charge in [-0.1, -0.05) is 0 Å². The second kappa shape index (κ2) is 7.60. The second-order valence-electron chi connectivity index (χ2n) is 6.48. The van der Waals surface area contributed by atoms with E-state index in [0.717, 1.165) is 16.1 Å². The highest BCUT2D eigenvalue weighted by Crippen LogP contribution is 2.31. The van der Waals surface area contributed by atoms with Crippen molar-refractivity contribution < 1.29 is 14.3 Å². The number of anilines is 4. The minimum atomic E-state index is -1.23. The Morgan fingerprint density at radius 2 is 1.80 bits per heavy atom. The van der Waals surface area contributed by atoms with Crippen LogP contribution in [0.4, 0.5) is 32.3 Å². The lowest BCUT2D eigenvalue weighted by atomic mass is 10.2. The molecule has 0 spiro atoms. The fraction of sp³-hybridized carbons (Fsp3) is 0.100. The Bertz CT molecular complexity index is 1240. The standard InChI is InChI=1S/C20H16ClFN6O2/c1-26(17-9-10-23-18(21)25-17)14-7-8-16-15(11-14)24-19(27(16)2)28(20(29)30)13-5-3-12(22)4-6-13/h3-11H,1-2H3,(H,29,30). The van der Waals surface area contributed by atoms with Gasteiger partial charge in [-0.05, 0) is 60.1 Å². The fourth-order valence-electron chi connectivity index (χ4n) is 3.13. The van der Waals surface area contributed by atoms with Gasteiger partial charge in [0.25, 0.3) is 0 Å². The molecule has 0 atom stereocenters. The number of benzene rings is 2. The second-order valence-corrected chi connectivity index (χ2v) is 6.82. The quantitative estimate of drug-likeness (QED) is 0.474. The Balaban J connectivity index is 1.78. The van der Waals surface area contributed by atoms with Gasteiger partial charge in [0.15, 0.2) is 0 Å². The molecule has 2 aromatic carbocycles. The summed E-state index contributed by atoms with van der Waals surface area (Å²) in [7, 11) is 3.55. The van der Waals surface area contributed by atoms with Gasteiger partial charge < -0.3 is 14.6 Å². The van der Waals surface area contributed by atoms with Crippen molar-refractivity contribution >= 4 is 51.9 Å². The van der Waals surface area contributed by atoms with E-state index in [9.17, 15) is 14.3 Å². The van der Waals surface area contributed by atoms with E-state index in [-0.39, 0.29) is 16.9 Å². The molecule has 0 unspecified atom stereocenters. The first-order chi connectivity index (χ1) is 14.3. The number of hydrogen-bond donors (Lipinski definition) is 1. The smallest absolute Gasteiger partial charge is 0.418 e. The SMILES string of the molecule is CN(c1ccc2c(c1)nc(N(C(=O)O)c1ccc(F)cc1)n2C)c1ccnc(Cl)n1. The van der Waals surface area contributed by atoms with E-state index in [1.54, 1.807) is 23.9 Å². The molecule has 4 aromatic rings. The first-order valence-electron chi connectivity index (χ1n) is 8.82. The van der Waals surface area contributed by atoms with Crippen LogP contribution >= 0.6 is 11.6 Å². The van der Waals surface area contributed by atoms with Gasteiger partial charge in [-0.3, -0.25) is 0 Å². The van der Waals surface area contributed by atoms with Gasteiger partial charge in [-0.2, -0.15) is 0 Å². The van der Waals surface area contributed by atoms with Crippen LogP contribution in [-0.4, -0.2) is 37.8 Å². The summed E-state index contributed by atoms with van der Waals surface area (Å²) in [6.45, 7) is 0. The molecule has 152 valence electrons. The van der Waals surface area contributed by atoms with E-state index >= 15 is 0 Å². The number of imidazole rings is 1. The number of carbonyl (C=O) groups is 1. The van der Waals surface area contributed by atoms with E-state index in [1.807, 2.05) is 30.1 Å². The number of rotatable bonds is 4. The highest BCUT2D eigenvalue weighted by atomic mass is 35.5. The van der Waals surface area contributed by atoms with Crippen molar-refractivity contribution in [2.75, 3.05) is 16.8 Å². The summed E-state index contributed by atoms with van der Waals surface area (Å²) < 4.78 is 14.9. The number of nitrogens with zero attached hydrogens (tertiary/aromatic N) is 6. The molecule has 0 saturated carbocycles. The number of aryl methyl sites for hydroxylation is 1. The van der Waals surface area contributed by atoms with Crippen LogP contribution in [0.5, 0.6) is 0 Å². The molecule has 0 aliphatic heterocycles. The van der Waals surface area contributed by atoms with Crippen LogP contribution in [0, 0.1) is 5.82 Å². The van der Waals surface area contributed by atoms with Crippen LogP contribution in [0.15, 0.2) is 54.7 Å². The number of hydrogen-bond acceptors (Lipinski definition) is 5. The topological polar surface area (TPSA) is 87.4 Å². The third-order valence-electron chi connectivity index (χ3n) is 4.66. The summed E-state index contributed by atoms with van der Waals surface area (Å²) in [5.74, 6) is 0.338. The number of halogens is 2. The molecule has 2 heterocycles. The summed E-state index contributed by atoms with van der Waals surface area (Å²) in [6, 6.07) is 12.4. The van der Waals surface area contributed by atoms with E-state index in [1.165, 1.54) is 24.3 Å². The van der Waals surface area contributed by atoms with Gasteiger partial charge >= 0.3 is 6.09 Å². The first-order valence-corrected chi connectivity index (χ1v) is 9.20. The monoisotopic (exact) mass is 426 g/mol. The largest absolute Gasteiger partial charge is 0.464 e. The molecule has 1 N–H and O–H groups in total. The average Bonchev–Trinajstić information content (AvgIpc) is 3.04. The zero-order chi connectivity index (χ0) is 21.4. The normalized spacial score (nSPS) is 10.9. The van der Waals surface area contributed by atoms with E-state index in [2.05, 4.69) is 15.0 Å². The van der Waals surface area contributed by atoms with Crippen molar-refractivity contribution in [3.8, 4) is 0 Å². The number of amides is 1. The van der Waals surface area contributed by atoms with E-state index in [4.69, 9.17) is 11.6 Å². The molecule has 0 fully saturated rings. The number of fused-ring (bicyclic) bond motifs is 1. The van der Waals surface area contributed by atoms with Crippen molar-refractivity contribution in [2.24, 2.45) is 7.05 Å². The number of aromatic nitrogens is 4. The van der Waals surface area contributed by atoms with Crippen molar-refractivity contribution in [1.82, 2.24) is 19.5 Å². The van der Waals surface area contributed by atoms with Crippen molar-refractivity contribution in [1.29, 1.82) is 0 Å². The molecular formula is C20H16ClFN6O2. The van der Waals surface area contributed by atoms with E-state index in [0.29, 0.717) is 11.3 Å². The van der Waals surface area contributed by atoms with Gasteiger partial charge in [0.2, 0.25) is 11.2 Å². The van der Waals surface area contributed by atoms with Crippen LogP contribution < -0.4 is 9.80 Å². The summed E-state index contributed by atoms with van der Waals surface area (Å²) in [6.07, 6.45) is 0.333. The molecule has 0 aliphatic rings. The van der Waals surface area contributed by atoms with Gasteiger partial charge in [0.1, 0.15) is 11.6 Å². The molecule has 4 rings (SSSR count). The van der Waals surface area contributed by atoms with Crippen LogP contribution in [-0.2, 0) is 7.05 Å². The molecular weight excluding hydrogens is 411 g/mol. The molecule has 0 saturated heterocycles. The molecule has 8 nitrogen and oxygen atoms in total. The summed E-state index contributed by atoms with van der Waals surface area (Å²) in [5.41, 5.74) is 2.39. The molecule has 0 aliphatic carbocycles. The minimum absolute atomic E-state index is 0.136. The Hall–Kier alpha value is -3.72. The first kappa shape index (κ1) is 19.6. The molecule has 0 radical (unpaired) electrons. The van der Waals surface area contributed by atoms with Gasteiger partial charge in [0.05, 0.1) is 16.7 Å². The van der Waals surface area contributed by atoms with Crippen LogP contribution in [0.2, 0.25) is 5.28 Å². The van der Waals surface area contributed by atoms with Crippen molar-refractivity contribution in [3.63, 3.8) is 0 Å². The fourth-order valence-corrected chi connectivity index (χ4v) is 3.27. The summed E-state index contributed by atoms with van der Waals surface area (Å²) in [4.78, 5) is 27.4. The van der Waals surface area contributed by atoms with Gasteiger partial charge in [-0.15, -0.1) is 0 Å². The maximum atomic E-state index is 13.3. The molecule has 2 aromatic heterocycles. The Labute approximate surface area is 175 Å². The Morgan fingerprint density at radius 1 is 1.10 bits per heavy atom. The summed E-state index contributed by atoms with van der Waals surface area (Å²) >= 11 is 5.88. The predicted octanol–water partition coefficient (Wildman–Crippen LogP) is 4.74.